The number of nitrogens with zero attached hydrogens (tertiary/aromatic N) is 1. The first-order valence-corrected chi connectivity index (χ1v) is 7.82. The molecule has 1 aliphatic heterocycles. The van der Waals surface area contributed by atoms with Crippen molar-refractivity contribution in [1.29, 1.82) is 0 Å². The van der Waals surface area contributed by atoms with Crippen molar-refractivity contribution in [2.45, 2.75) is 32.1 Å². The highest BCUT2D eigenvalue weighted by Gasteiger charge is 2.46. The Morgan fingerprint density at radius 2 is 2.04 bits per heavy atom. The number of hydrogen-bond acceptors (Lipinski definition) is 3. The number of benzene rings is 1. The summed E-state index contributed by atoms with van der Waals surface area (Å²) >= 11 is 5.87. The lowest BCUT2D eigenvalue weighted by molar-refractivity contribution is -0.137. The predicted octanol–water partition coefficient (Wildman–Crippen LogP) is 2.08. The third-order valence-electron chi connectivity index (χ3n) is 3.94. The van der Waals surface area contributed by atoms with E-state index in [2.05, 4.69) is 5.32 Å². The first-order valence-electron chi connectivity index (χ1n) is 7.44. The second-order valence-corrected chi connectivity index (χ2v) is 6.58. The maximum atomic E-state index is 14.3. The number of carbonyl (C=O) groups excluding carboxylic acids is 2. The Balaban J connectivity index is 2.13. The van der Waals surface area contributed by atoms with Gasteiger partial charge in [-0.2, -0.15) is 0 Å². The van der Waals surface area contributed by atoms with Crippen LogP contribution < -0.4 is 10.2 Å². The van der Waals surface area contributed by atoms with Gasteiger partial charge in [0.2, 0.25) is 11.8 Å². The number of rotatable bonds is 6. The summed E-state index contributed by atoms with van der Waals surface area (Å²) in [5, 5.41) is 11.3. The van der Waals surface area contributed by atoms with Gasteiger partial charge in [0.25, 0.3) is 0 Å². The number of anilines is 1. The molecule has 0 aromatic heterocycles. The molecule has 130 valence electrons. The monoisotopic (exact) mass is 356 g/mol. The first-order chi connectivity index (χ1) is 11.1. The van der Waals surface area contributed by atoms with Gasteiger partial charge in [-0.05, 0) is 38.0 Å². The average molecular weight is 357 g/mol. The summed E-state index contributed by atoms with van der Waals surface area (Å²) in [5.41, 5.74) is -0.476. The first kappa shape index (κ1) is 18.2. The number of hydrogen-bond donors (Lipinski definition) is 2. The molecule has 0 atom stereocenters. The fraction of sp³-hybridized carbons (Fsp3) is 0.438. The van der Waals surface area contributed by atoms with Crippen LogP contribution in [0.2, 0.25) is 5.02 Å². The van der Waals surface area contributed by atoms with Crippen LogP contribution in [-0.4, -0.2) is 36.0 Å². The van der Waals surface area contributed by atoms with Crippen molar-refractivity contribution in [2.24, 2.45) is 0 Å². The van der Waals surface area contributed by atoms with Crippen LogP contribution in [0.25, 0.3) is 0 Å². The van der Waals surface area contributed by atoms with Gasteiger partial charge in [0.15, 0.2) is 0 Å². The van der Waals surface area contributed by atoms with Crippen LogP contribution >= 0.6 is 11.6 Å². The van der Waals surface area contributed by atoms with Crippen LogP contribution in [0.3, 0.4) is 0 Å². The highest BCUT2D eigenvalue weighted by Crippen LogP contribution is 2.44. The molecule has 1 aliphatic rings. The van der Waals surface area contributed by atoms with E-state index >= 15 is 0 Å². The van der Waals surface area contributed by atoms with Gasteiger partial charge in [0.05, 0.1) is 11.1 Å². The number of nitrogens with one attached hydrogen (secondary N) is 1. The van der Waals surface area contributed by atoms with Gasteiger partial charge in [0.1, 0.15) is 12.4 Å². The van der Waals surface area contributed by atoms with E-state index in [1.54, 1.807) is 13.8 Å². The Morgan fingerprint density at radius 3 is 2.67 bits per heavy atom. The van der Waals surface area contributed by atoms with Gasteiger partial charge in [-0.15, -0.1) is 0 Å². The SMILES string of the molecule is CC1(C)C(=O)N(CC(=O)NCCCC(=O)O)c2c(F)cc(Cl)cc21. The maximum Gasteiger partial charge on any atom is 0.303 e. The summed E-state index contributed by atoms with van der Waals surface area (Å²) in [6, 6.07) is 2.63. The lowest BCUT2D eigenvalue weighted by Gasteiger charge is -2.20. The van der Waals surface area contributed by atoms with E-state index in [1.165, 1.54) is 6.07 Å². The number of carboxylic acid groups (broad SMARTS) is 1. The molecule has 0 saturated heterocycles. The Kier molecular flexibility index (Phi) is 5.13. The number of amides is 2. The van der Waals surface area contributed by atoms with Gasteiger partial charge < -0.3 is 10.4 Å². The molecule has 0 saturated carbocycles. The van der Waals surface area contributed by atoms with Crippen molar-refractivity contribution in [3.63, 3.8) is 0 Å². The summed E-state index contributed by atoms with van der Waals surface area (Å²) in [4.78, 5) is 36.1. The Hall–Kier alpha value is -2.15. The number of carbonyl (C=O) groups is 3. The minimum atomic E-state index is -0.981. The van der Waals surface area contributed by atoms with Gasteiger partial charge in [0, 0.05) is 18.0 Å². The van der Waals surface area contributed by atoms with E-state index in [9.17, 15) is 18.8 Å². The van der Waals surface area contributed by atoms with E-state index in [0.29, 0.717) is 5.56 Å². The standard InChI is InChI=1S/C16H18ClFN2O4/c1-16(2)10-6-9(17)7-11(18)14(10)20(15(16)24)8-12(21)19-5-3-4-13(22)23/h6-7H,3-5,8H2,1-2H3,(H,19,21)(H,22,23). The second-order valence-electron chi connectivity index (χ2n) is 6.15. The minimum absolute atomic E-state index is 0.0636. The third kappa shape index (κ3) is 3.51. The third-order valence-corrected chi connectivity index (χ3v) is 4.16. The summed E-state index contributed by atoms with van der Waals surface area (Å²) in [6.07, 6.45) is 0.215. The zero-order chi connectivity index (χ0) is 18.1. The summed E-state index contributed by atoms with van der Waals surface area (Å²) < 4.78 is 14.3. The molecule has 1 aromatic carbocycles. The quantitative estimate of drug-likeness (QED) is 0.764. The summed E-state index contributed by atoms with van der Waals surface area (Å²) in [6.45, 7) is 3.14. The van der Waals surface area contributed by atoms with Crippen molar-refractivity contribution in [3.8, 4) is 0 Å². The van der Waals surface area contributed by atoms with Gasteiger partial charge in [-0.3, -0.25) is 19.3 Å². The highest BCUT2D eigenvalue weighted by atomic mass is 35.5. The van der Waals surface area contributed by atoms with E-state index in [-0.39, 0.29) is 42.5 Å². The average Bonchev–Trinajstić information content (AvgIpc) is 2.65. The minimum Gasteiger partial charge on any atom is -0.481 e. The molecule has 1 heterocycles. The fourth-order valence-electron chi connectivity index (χ4n) is 2.69. The number of carboxylic acids is 1. The molecule has 1 aromatic rings. The molecular weight excluding hydrogens is 339 g/mol. The normalized spacial score (nSPS) is 15.3. The van der Waals surface area contributed by atoms with Crippen molar-refractivity contribution in [1.82, 2.24) is 5.32 Å². The molecule has 0 unspecified atom stereocenters. The second kappa shape index (κ2) is 6.76. The lowest BCUT2D eigenvalue weighted by Crippen LogP contribution is -2.43. The predicted molar refractivity (Wildman–Crippen MR) is 86.7 cm³/mol. The van der Waals surface area contributed by atoms with Crippen LogP contribution in [-0.2, 0) is 19.8 Å². The zero-order valence-corrected chi connectivity index (χ0v) is 14.1. The molecule has 8 heteroatoms. The molecule has 0 fully saturated rings. The van der Waals surface area contributed by atoms with Crippen molar-refractivity contribution in [3.05, 3.63) is 28.5 Å². The Labute approximate surface area is 143 Å². The smallest absolute Gasteiger partial charge is 0.303 e. The Bertz CT molecular complexity index is 706. The van der Waals surface area contributed by atoms with Crippen LogP contribution in [0, 0.1) is 5.82 Å². The van der Waals surface area contributed by atoms with Crippen molar-refractivity contribution in [2.75, 3.05) is 18.0 Å². The molecule has 24 heavy (non-hydrogen) atoms. The van der Waals surface area contributed by atoms with Gasteiger partial charge >= 0.3 is 5.97 Å². The van der Waals surface area contributed by atoms with E-state index in [0.717, 1.165) is 11.0 Å². The van der Waals surface area contributed by atoms with Crippen LogP contribution in [0.1, 0.15) is 32.3 Å². The maximum absolute atomic E-state index is 14.3. The van der Waals surface area contributed by atoms with Crippen LogP contribution in [0.4, 0.5) is 10.1 Å². The highest BCUT2D eigenvalue weighted by molar-refractivity contribution is 6.31. The van der Waals surface area contributed by atoms with Crippen molar-refractivity contribution < 1.29 is 23.9 Å². The Morgan fingerprint density at radius 1 is 1.38 bits per heavy atom. The molecule has 2 amide bonds. The molecule has 0 spiro atoms. The largest absolute Gasteiger partial charge is 0.481 e. The van der Waals surface area contributed by atoms with Crippen LogP contribution in [0.5, 0.6) is 0 Å². The molecule has 2 N–H and O–H groups in total. The molecule has 0 aliphatic carbocycles. The van der Waals surface area contributed by atoms with Crippen molar-refractivity contribution >= 4 is 35.1 Å². The number of fused-ring (bicyclic) bond motifs is 1. The summed E-state index contributed by atoms with van der Waals surface area (Å²) in [7, 11) is 0. The number of aliphatic carboxylic acids is 1. The van der Waals surface area contributed by atoms with E-state index in [1.807, 2.05) is 0 Å². The molecule has 0 bridgehead atoms. The zero-order valence-electron chi connectivity index (χ0n) is 13.4. The summed E-state index contributed by atoms with van der Waals surface area (Å²) in [5.74, 6) is -2.48. The molecule has 0 radical (unpaired) electrons. The molecule has 6 nitrogen and oxygen atoms in total. The number of halogens is 2. The molecule has 2 rings (SSSR count). The molecular formula is C16H18ClFN2O4. The topological polar surface area (TPSA) is 86.7 Å². The lowest BCUT2D eigenvalue weighted by atomic mass is 9.86. The van der Waals surface area contributed by atoms with E-state index in [4.69, 9.17) is 16.7 Å². The van der Waals surface area contributed by atoms with Gasteiger partial charge in [-0.1, -0.05) is 11.6 Å². The van der Waals surface area contributed by atoms with Crippen LogP contribution in [0.15, 0.2) is 12.1 Å². The fourth-order valence-corrected chi connectivity index (χ4v) is 2.89. The van der Waals surface area contributed by atoms with Gasteiger partial charge in [-0.25, -0.2) is 4.39 Å². The van der Waals surface area contributed by atoms with E-state index < -0.39 is 23.1 Å².